The third-order valence-electron chi connectivity index (χ3n) is 3.13. The third-order valence-corrected chi connectivity index (χ3v) is 3.13. The Hall–Kier alpha value is -1.39. The number of carbonyl (C=O) groups excluding carboxylic acids is 1. The van der Waals surface area contributed by atoms with Gasteiger partial charge in [0, 0.05) is 31.4 Å². The fourth-order valence-electron chi connectivity index (χ4n) is 2.16. The zero-order chi connectivity index (χ0) is 13.3. The summed E-state index contributed by atoms with van der Waals surface area (Å²) in [7, 11) is 1.82. The van der Waals surface area contributed by atoms with Crippen molar-refractivity contribution in [3.05, 3.63) is 29.3 Å². The van der Waals surface area contributed by atoms with Gasteiger partial charge in [-0.25, -0.2) is 0 Å². The van der Waals surface area contributed by atoms with Crippen molar-refractivity contribution >= 4 is 11.6 Å². The van der Waals surface area contributed by atoms with Crippen LogP contribution in [0.15, 0.2) is 18.2 Å². The molecule has 0 spiro atoms. The number of nitrogens with one attached hydrogen (secondary N) is 1. The molecule has 3 N–H and O–H groups in total. The van der Waals surface area contributed by atoms with Crippen molar-refractivity contribution in [2.75, 3.05) is 18.5 Å². The number of likely N-dealkylation sites (N-methyl/N-ethyl adjacent to an activating group) is 1. The number of hydrogen-bond donors (Lipinski definition) is 2. The van der Waals surface area contributed by atoms with Crippen LogP contribution in [-0.4, -0.2) is 25.0 Å². The van der Waals surface area contributed by atoms with Crippen LogP contribution in [-0.2, 0) is 17.8 Å². The molecule has 1 amide bonds. The lowest BCUT2D eigenvalue weighted by molar-refractivity contribution is -0.117. The minimum Gasteiger partial charge on any atom is -0.324 e. The van der Waals surface area contributed by atoms with E-state index in [9.17, 15) is 4.79 Å². The van der Waals surface area contributed by atoms with Gasteiger partial charge in [0.25, 0.3) is 0 Å². The van der Waals surface area contributed by atoms with Crippen LogP contribution in [0.1, 0.15) is 25.0 Å². The molecule has 1 aromatic carbocycles. The summed E-state index contributed by atoms with van der Waals surface area (Å²) in [5, 5.41) is 3.33. The average molecular weight is 247 g/mol. The first-order chi connectivity index (χ1) is 8.37. The highest BCUT2D eigenvalue weighted by Gasteiger charge is 2.23. The van der Waals surface area contributed by atoms with Crippen LogP contribution in [0.4, 0.5) is 5.69 Å². The van der Waals surface area contributed by atoms with E-state index in [-0.39, 0.29) is 11.4 Å². The first kappa shape index (κ1) is 13.1. The standard InChI is InChI=1S/C14H21N3O/c1-14(2,15)9-16-8-10-4-5-12-11(6-10)7-13(18)17(12)3/h4-6,16H,7-9,15H2,1-3H3. The van der Waals surface area contributed by atoms with Crippen LogP contribution >= 0.6 is 0 Å². The van der Waals surface area contributed by atoms with E-state index in [1.165, 1.54) is 5.56 Å². The van der Waals surface area contributed by atoms with Gasteiger partial charge in [-0.15, -0.1) is 0 Å². The number of rotatable bonds is 4. The Morgan fingerprint density at radius 2 is 2.17 bits per heavy atom. The molecule has 1 aliphatic rings. The number of fused-ring (bicyclic) bond motifs is 1. The Kier molecular flexibility index (Phi) is 3.41. The average Bonchev–Trinajstić information content (AvgIpc) is 2.53. The van der Waals surface area contributed by atoms with E-state index in [0.29, 0.717) is 6.42 Å². The maximum atomic E-state index is 11.6. The predicted octanol–water partition coefficient (Wildman–Crippen LogP) is 1.03. The zero-order valence-electron chi connectivity index (χ0n) is 11.3. The number of nitrogens with two attached hydrogens (primary N) is 1. The molecular weight excluding hydrogens is 226 g/mol. The Morgan fingerprint density at radius 3 is 2.83 bits per heavy atom. The maximum Gasteiger partial charge on any atom is 0.231 e. The number of carbonyl (C=O) groups is 1. The largest absolute Gasteiger partial charge is 0.324 e. The van der Waals surface area contributed by atoms with E-state index in [4.69, 9.17) is 5.73 Å². The molecule has 4 nitrogen and oxygen atoms in total. The Labute approximate surface area is 108 Å². The molecule has 0 aromatic heterocycles. The highest BCUT2D eigenvalue weighted by molar-refractivity contribution is 6.00. The lowest BCUT2D eigenvalue weighted by Gasteiger charge is -2.19. The summed E-state index contributed by atoms with van der Waals surface area (Å²) >= 11 is 0. The second-order valence-electron chi connectivity index (χ2n) is 5.68. The molecule has 18 heavy (non-hydrogen) atoms. The molecule has 1 heterocycles. The van der Waals surface area contributed by atoms with E-state index >= 15 is 0 Å². The molecule has 0 unspecified atom stereocenters. The van der Waals surface area contributed by atoms with Gasteiger partial charge in [0.15, 0.2) is 0 Å². The minimum atomic E-state index is -0.201. The predicted molar refractivity (Wildman–Crippen MR) is 73.5 cm³/mol. The van der Waals surface area contributed by atoms with Gasteiger partial charge in [-0.1, -0.05) is 12.1 Å². The van der Waals surface area contributed by atoms with Crippen molar-refractivity contribution in [2.45, 2.75) is 32.4 Å². The first-order valence-electron chi connectivity index (χ1n) is 6.25. The van der Waals surface area contributed by atoms with Crippen molar-refractivity contribution in [3.63, 3.8) is 0 Å². The van der Waals surface area contributed by atoms with Crippen LogP contribution in [0.2, 0.25) is 0 Å². The topological polar surface area (TPSA) is 58.4 Å². The summed E-state index contributed by atoms with van der Waals surface area (Å²) in [6.07, 6.45) is 0.516. The highest BCUT2D eigenvalue weighted by atomic mass is 16.2. The molecule has 2 rings (SSSR count). The number of amides is 1. The van der Waals surface area contributed by atoms with Gasteiger partial charge >= 0.3 is 0 Å². The van der Waals surface area contributed by atoms with Crippen LogP contribution < -0.4 is 16.0 Å². The second-order valence-corrected chi connectivity index (χ2v) is 5.68. The second kappa shape index (κ2) is 4.71. The van der Waals surface area contributed by atoms with E-state index in [0.717, 1.165) is 24.3 Å². The molecular formula is C14H21N3O. The van der Waals surface area contributed by atoms with Gasteiger partial charge in [0.2, 0.25) is 5.91 Å². The van der Waals surface area contributed by atoms with Crippen LogP contribution in [0.5, 0.6) is 0 Å². The Bertz CT molecular complexity index is 463. The highest BCUT2D eigenvalue weighted by Crippen LogP contribution is 2.28. The van der Waals surface area contributed by atoms with E-state index in [1.54, 1.807) is 4.90 Å². The summed E-state index contributed by atoms with van der Waals surface area (Å²) in [4.78, 5) is 13.3. The lowest BCUT2D eigenvalue weighted by Crippen LogP contribution is -2.42. The number of hydrogen-bond acceptors (Lipinski definition) is 3. The molecule has 0 saturated carbocycles. The molecule has 4 heteroatoms. The zero-order valence-corrected chi connectivity index (χ0v) is 11.3. The molecule has 0 fully saturated rings. The smallest absolute Gasteiger partial charge is 0.231 e. The minimum absolute atomic E-state index is 0.165. The van der Waals surface area contributed by atoms with Crippen molar-refractivity contribution in [1.29, 1.82) is 0 Å². The number of nitrogens with zero attached hydrogens (tertiary/aromatic N) is 1. The van der Waals surface area contributed by atoms with Gasteiger partial charge in [0.05, 0.1) is 6.42 Å². The molecule has 0 atom stereocenters. The number of anilines is 1. The molecule has 0 aliphatic carbocycles. The van der Waals surface area contributed by atoms with Crippen molar-refractivity contribution in [2.24, 2.45) is 5.73 Å². The van der Waals surface area contributed by atoms with Crippen molar-refractivity contribution in [3.8, 4) is 0 Å². The maximum absolute atomic E-state index is 11.6. The van der Waals surface area contributed by atoms with Gasteiger partial charge in [-0.2, -0.15) is 0 Å². The van der Waals surface area contributed by atoms with Gasteiger partial charge in [0.1, 0.15) is 0 Å². The Balaban J connectivity index is 2.01. The fraction of sp³-hybridized carbons (Fsp3) is 0.500. The normalized spacial score (nSPS) is 15.1. The molecule has 1 aromatic rings. The molecule has 98 valence electrons. The van der Waals surface area contributed by atoms with Crippen molar-refractivity contribution in [1.82, 2.24) is 5.32 Å². The quantitative estimate of drug-likeness (QED) is 0.835. The SMILES string of the molecule is CN1C(=O)Cc2cc(CNCC(C)(C)N)ccc21. The summed E-state index contributed by atoms with van der Waals surface area (Å²) in [5.74, 6) is 0.165. The Morgan fingerprint density at radius 1 is 1.44 bits per heavy atom. The van der Waals surface area contributed by atoms with E-state index in [2.05, 4.69) is 17.4 Å². The molecule has 1 aliphatic heterocycles. The van der Waals surface area contributed by atoms with E-state index < -0.39 is 0 Å². The van der Waals surface area contributed by atoms with Crippen molar-refractivity contribution < 1.29 is 4.79 Å². The number of benzene rings is 1. The summed E-state index contributed by atoms with van der Waals surface area (Å²) in [6.45, 7) is 5.54. The first-order valence-corrected chi connectivity index (χ1v) is 6.25. The van der Waals surface area contributed by atoms with E-state index in [1.807, 2.05) is 27.0 Å². The summed E-state index contributed by atoms with van der Waals surface area (Å²) in [5.41, 5.74) is 9.06. The van der Waals surface area contributed by atoms with Crippen LogP contribution in [0.3, 0.4) is 0 Å². The summed E-state index contributed by atoms with van der Waals surface area (Å²) in [6, 6.07) is 6.18. The molecule has 0 radical (unpaired) electrons. The summed E-state index contributed by atoms with van der Waals surface area (Å²) < 4.78 is 0. The third kappa shape index (κ3) is 2.89. The van der Waals surface area contributed by atoms with Crippen LogP contribution in [0, 0.1) is 0 Å². The van der Waals surface area contributed by atoms with Gasteiger partial charge in [-0.3, -0.25) is 4.79 Å². The van der Waals surface area contributed by atoms with Gasteiger partial charge in [-0.05, 0) is 31.0 Å². The fourth-order valence-corrected chi connectivity index (χ4v) is 2.16. The van der Waals surface area contributed by atoms with Gasteiger partial charge < -0.3 is 16.0 Å². The molecule has 0 saturated heterocycles. The monoisotopic (exact) mass is 247 g/mol. The lowest BCUT2D eigenvalue weighted by atomic mass is 10.1. The molecule has 0 bridgehead atoms. The van der Waals surface area contributed by atoms with Crippen LogP contribution in [0.25, 0.3) is 0 Å².